The molecule has 23 heavy (non-hydrogen) atoms. The molecule has 0 bridgehead atoms. The molecule has 7 nitrogen and oxygen atoms in total. The standard InChI is InChI=1S/C15H19NO6S/c1-2-16(11-5-6-23(18,19)9-11)15(17)8-20-12-3-4-13-14(7-12)22-10-21-13/h3-4,7,11H,2,5-6,8-10H2,1H3. The summed E-state index contributed by atoms with van der Waals surface area (Å²) in [4.78, 5) is 13.9. The summed E-state index contributed by atoms with van der Waals surface area (Å²) in [7, 11) is -3.02. The molecular formula is C15H19NO6S. The number of nitrogens with zero attached hydrogens (tertiary/aromatic N) is 1. The van der Waals surface area contributed by atoms with Gasteiger partial charge in [-0.05, 0) is 25.5 Å². The van der Waals surface area contributed by atoms with Crippen molar-refractivity contribution in [2.75, 3.05) is 31.5 Å². The van der Waals surface area contributed by atoms with Crippen LogP contribution in [0.5, 0.6) is 17.2 Å². The zero-order valence-electron chi connectivity index (χ0n) is 12.9. The molecule has 2 heterocycles. The predicted octanol–water partition coefficient (Wildman–Crippen LogP) is 0.830. The van der Waals surface area contributed by atoms with Crippen molar-refractivity contribution >= 4 is 15.7 Å². The van der Waals surface area contributed by atoms with Gasteiger partial charge in [-0.2, -0.15) is 0 Å². The minimum atomic E-state index is -3.02. The third-order valence-electron chi connectivity index (χ3n) is 4.02. The molecule has 1 unspecified atom stereocenters. The van der Waals surface area contributed by atoms with Gasteiger partial charge in [0.1, 0.15) is 5.75 Å². The van der Waals surface area contributed by atoms with Gasteiger partial charge in [0, 0.05) is 18.7 Å². The summed E-state index contributed by atoms with van der Waals surface area (Å²) < 4.78 is 39.1. The van der Waals surface area contributed by atoms with E-state index in [1.165, 1.54) is 0 Å². The van der Waals surface area contributed by atoms with Crippen molar-refractivity contribution < 1.29 is 27.4 Å². The van der Waals surface area contributed by atoms with Crippen molar-refractivity contribution in [3.8, 4) is 17.2 Å². The molecular weight excluding hydrogens is 322 g/mol. The van der Waals surface area contributed by atoms with Crippen molar-refractivity contribution in [2.45, 2.75) is 19.4 Å². The van der Waals surface area contributed by atoms with Crippen molar-refractivity contribution in [3.05, 3.63) is 18.2 Å². The first-order valence-electron chi connectivity index (χ1n) is 7.51. The van der Waals surface area contributed by atoms with Gasteiger partial charge in [0.25, 0.3) is 5.91 Å². The van der Waals surface area contributed by atoms with Crippen LogP contribution in [0.15, 0.2) is 18.2 Å². The quantitative estimate of drug-likeness (QED) is 0.789. The highest BCUT2D eigenvalue weighted by Gasteiger charge is 2.34. The number of amides is 1. The highest BCUT2D eigenvalue weighted by Crippen LogP contribution is 2.35. The second-order valence-electron chi connectivity index (χ2n) is 5.54. The lowest BCUT2D eigenvalue weighted by Gasteiger charge is -2.26. The average molecular weight is 341 g/mol. The molecule has 1 aromatic rings. The number of likely N-dealkylation sites (N-methyl/N-ethyl adjacent to an activating group) is 1. The minimum Gasteiger partial charge on any atom is -0.484 e. The summed E-state index contributed by atoms with van der Waals surface area (Å²) in [6.07, 6.45) is 0.492. The molecule has 1 fully saturated rings. The lowest BCUT2D eigenvalue weighted by atomic mass is 10.2. The van der Waals surface area contributed by atoms with Crippen LogP contribution in [0.25, 0.3) is 0 Å². The van der Waals surface area contributed by atoms with Gasteiger partial charge < -0.3 is 19.1 Å². The second-order valence-corrected chi connectivity index (χ2v) is 7.77. The second kappa shape index (κ2) is 6.27. The summed E-state index contributed by atoms with van der Waals surface area (Å²) in [5.41, 5.74) is 0. The summed E-state index contributed by atoms with van der Waals surface area (Å²) in [6.45, 7) is 2.34. The summed E-state index contributed by atoms with van der Waals surface area (Å²) in [5.74, 6) is 1.71. The number of carbonyl (C=O) groups is 1. The Labute approximate surface area is 135 Å². The van der Waals surface area contributed by atoms with Crippen LogP contribution in [0.1, 0.15) is 13.3 Å². The van der Waals surface area contributed by atoms with Crippen LogP contribution in [-0.2, 0) is 14.6 Å². The van der Waals surface area contributed by atoms with Gasteiger partial charge in [0.15, 0.2) is 27.9 Å². The maximum absolute atomic E-state index is 12.3. The lowest BCUT2D eigenvalue weighted by Crippen LogP contribution is -2.43. The Balaban J connectivity index is 1.59. The third kappa shape index (κ3) is 3.52. The van der Waals surface area contributed by atoms with Crippen molar-refractivity contribution in [2.24, 2.45) is 0 Å². The number of carbonyl (C=O) groups excluding carboxylic acids is 1. The number of benzene rings is 1. The van der Waals surface area contributed by atoms with Crippen molar-refractivity contribution in [1.82, 2.24) is 4.90 Å². The van der Waals surface area contributed by atoms with Gasteiger partial charge in [0.2, 0.25) is 6.79 Å². The summed E-state index contributed by atoms with van der Waals surface area (Å²) in [6, 6.07) is 4.85. The number of ether oxygens (including phenoxy) is 3. The van der Waals surface area contributed by atoms with Crippen LogP contribution in [0.3, 0.4) is 0 Å². The Bertz CT molecular complexity index is 702. The topological polar surface area (TPSA) is 82.1 Å². The van der Waals surface area contributed by atoms with E-state index in [-0.39, 0.29) is 36.9 Å². The Morgan fingerprint density at radius 1 is 1.35 bits per heavy atom. The predicted molar refractivity (Wildman–Crippen MR) is 82.5 cm³/mol. The Kier molecular flexibility index (Phi) is 4.34. The summed E-state index contributed by atoms with van der Waals surface area (Å²) in [5, 5.41) is 0. The number of fused-ring (bicyclic) bond motifs is 1. The monoisotopic (exact) mass is 341 g/mol. The Morgan fingerprint density at radius 2 is 2.13 bits per heavy atom. The third-order valence-corrected chi connectivity index (χ3v) is 5.77. The molecule has 0 aliphatic carbocycles. The molecule has 0 aromatic heterocycles. The molecule has 0 N–H and O–H groups in total. The van der Waals surface area contributed by atoms with Gasteiger partial charge >= 0.3 is 0 Å². The van der Waals surface area contributed by atoms with E-state index in [0.717, 1.165) is 0 Å². The molecule has 1 aromatic carbocycles. The molecule has 0 spiro atoms. The number of hydrogen-bond acceptors (Lipinski definition) is 6. The number of hydrogen-bond donors (Lipinski definition) is 0. The van der Waals surface area contributed by atoms with Crippen LogP contribution in [-0.4, -0.2) is 56.7 Å². The minimum absolute atomic E-state index is 0.0383. The molecule has 0 saturated carbocycles. The van der Waals surface area contributed by atoms with Crippen LogP contribution < -0.4 is 14.2 Å². The van der Waals surface area contributed by atoms with Gasteiger partial charge in [-0.15, -0.1) is 0 Å². The van der Waals surface area contributed by atoms with Crippen LogP contribution >= 0.6 is 0 Å². The van der Waals surface area contributed by atoms with E-state index in [2.05, 4.69) is 0 Å². The molecule has 126 valence electrons. The highest BCUT2D eigenvalue weighted by molar-refractivity contribution is 7.91. The van der Waals surface area contributed by atoms with Gasteiger partial charge in [-0.3, -0.25) is 4.79 Å². The first-order chi connectivity index (χ1) is 11.0. The summed E-state index contributed by atoms with van der Waals surface area (Å²) >= 11 is 0. The highest BCUT2D eigenvalue weighted by atomic mass is 32.2. The van der Waals surface area contributed by atoms with E-state index in [1.54, 1.807) is 23.1 Å². The number of rotatable bonds is 5. The molecule has 1 amide bonds. The van der Waals surface area contributed by atoms with Gasteiger partial charge in [-0.1, -0.05) is 0 Å². The molecule has 8 heteroatoms. The fraction of sp³-hybridized carbons (Fsp3) is 0.533. The first-order valence-corrected chi connectivity index (χ1v) is 9.33. The van der Waals surface area contributed by atoms with E-state index in [9.17, 15) is 13.2 Å². The molecule has 2 aliphatic heterocycles. The normalized spacial score (nSPS) is 21.2. The Morgan fingerprint density at radius 3 is 2.83 bits per heavy atom. The zero-order chi connectivity index (χ0) is 16.4. The average Bonchev–Trinajstić information content (AvgIpc) is 3.11. The van der Waals surface area contributed by atoms with E-state index in [1.807, 2.05) is 6.92 Å². The van der Waals surface area contributed by atoms with Crippen LogP contribution in [0, 0.1) is 0 Å². The maximum Gasteiger partial charge on any atom is 0.260 e. The van der Waals surface area contributed by atoms with E-state index in [0.29, 0.717) is 30.2 Å². The fourth-order valence-corrected chi connectivity index (χ4v) is 4.58. The van der Waals surface area contributed by atoms with E-state index < -0.39 is 9.84 Å². The Hall–Kier alpha value is -1.96. The van der Waals surface area contributed by atoms with E-state index in [4.69, 9.17) is 14.2 Å². The fourth-order valence-electron chi connectivity index (χ4n) is 2.85. The van der Waals surface area contributed by atoms with Gasteiger partial charge in [-0.25, -0.2) is 8.42 Å². The van der Waals surface area contributed by atoms with Crippen molar-refractivity contribution in [1.29, 1.82) is 0 Å². The van der Waals surface area contributed by atoms with Crippen LogP contribution in [0.2, 0.25) is 0 Å². The molecule has 1 atom stereocenters. The molecule has 2 aliphatic rings. The van der Waals surface area contributed by atoms with Gasteiger partial charge in [0.05, 0.1) is 11.5 Å². The SMILES string of the molecule is CCN(C(=O)COc1ccc2c(c1)OCO2)C1CCS(=O)(=O)C1. The number of sulfone groups is 1. The molecule has 3 rings (SSSR count). The van der Waals surface area contributed by atoms with Crippen molar-refractivity contribution in [3.63, 3.8) is 0 Å². The molecule has 1 saturated heterocycles. The zero-order valence-corrected chi connectivity index (χ0v) is 13.7. The van der Waals surface area contributed by atoms with Crippen LogP contribution in [0.4, 0.5) is 0 Å². The first kappa shape index (κ1) is 15.9. The molecule has 0 radical (unpaired) electrons. The smallest absolute Gasteiger partial charge is 0.260 e. The lowest BCUT2D eigenvalue weighted by molar-refractivity contribution is -0.135. The largest absolute Gasteiger partial charge is 0.484 e. The van der Waals surface area contributed by atoms with E-state index >= 15 is 0 Å². The maximum atomic E-state index is 12.3.